The molecule has 2 heterocycles. The highest BCUT2D eigenvalue weighted by molar-refractivity contribution is 5.98. The molecule has 0 saturated carbocycles. The van der Waals surface area contributed by atoms with Gasteiger partial charge in [-0.15, -0.1) is 0 Å². The van der Waals surface area contributed by atoms with Gasteiger partial charge < -0.3 is 33.8 Å². The predicted molar refractivity (Wildman–Crippen MR) is 147 cm³/mol. The highest BCUT2D eigenvalue weighted by atomic mass is 19.1. The number of nitrogens with one attached hydrogen (secondary N) is 2. The van der Waals surface area contributed by atoms with Crippen LogP contribution in [-0.2, 0) is 30.8 Å². The molecule has 0 radical (unpaired) electrons. The van der Waals surface area contributed by atoms with Crippen LogP contribution in [0, 0.1) is 11.6 Å². The number of aromatic amines is 1. The number of aryl methyl sites for hydroxylation is 1. The van der Waals surface area contributed by atoms with Gasteiger partial charge in [0.15, 0.2) is 11.6 Å². The maximum atomic E-state index is 14.4. The van der Waals surface area contributed by atoms with Crippen LogP contribution in [-0.4, -0.2) is 54.5 Å². The molecular weight excluding hydrogens is 540 g/mol. The zero-order valence-electron chi connectivity index (χ0n) is 22.5. The van der Waals surface area contributed by atoms with Gasteiger partial charge in [0.25, 0.3) is 5.56 Å². The van der Waals surface area contributed by atoms with Crippen molar-refractivity contribution in [2.45, 2.75) is 13.3 Å². The minimum atomic E-state index is -0.885. The lowest BCUT2D eigenvalue weighted by molar-refractivity contribution is -0.148. The molecule has 0 fully saturated rings. The van der Waals surface area contributed by atoms with E-state index in [-0.39, 0.29) is 50.1 Å². The molecular formula is C29H29F2N3O7. The first-order valence-corrected chi connectivity index (χ1v) is 12.8. The van der Waals surface area contributed by atoms with Crippen LogP contribution in [0.1, 0.15) is 13.3 Å². The van der Waals surface area contributed by atoms with Gasteiger partial charge in [-0.2, -0.15) is 0 Å². The lowest BCUT2D eigenvalue weighted by Gasteiger charge is -2.16. The molecule has 4 aromatic rings. The van der Waals surface area contributed by atoms with Crippen molar-refractivity contribution < 1.29 is 37.3 Å². The lowest BCUT2D eigenvalue weighted by Crippen LogP contribution is -2.19. The number of amides is 1. The first-order chi connectivity index (χ1) is 19.8. The molecule has 0 unspecified atom stereocenters. The minimum absolute atomic E-state index is 0.144. The number of hydrogen-bond acceptors (Lipinski definition) is 7. The number of hydrogen-bond donors (Lipinski definition) is 2. The summed E-state index contributed by atoms with van der Waals surface area (Å²) in [7, 11) is 1.59. The van der Waals surface area contributed by atoms with E-state index in [9.17, 15) is 23.2 Å². The number of carbonyl (C=O) groups excluding carboxylic acids is 2. The number of nitrogens with zero attached hydrogens (tertiary/aromatic N) is 1. The Balaban J connectivity index is 1.49. The third-order valence-electron chi connectivity index (χ3n) is 5.90. The normalized spacial score (nSPS) is 11.0. The maximum absolute atomic E-state index is 14.4. The van der Waals surface area contributed by atoms with Gasteiger partial charge in [-0.25, -0.2) is 13.6 Å². The van der Waals surface area contributed by atoms with Gasteiger partial charge in [-0.05, 0) is 49.7 Å². The molecule has 12 heteroatoms. The number of carbonyl (C=O) groups is 2. The molecule has 2 aromatic heterocycles. The van der Waals surface area contributed by atoms with Gasteiger partial charge in [0.2, 0.25) is 5.91 Å². The van der Waals surface area contributed by atoms with Crippen LogP contribution in [0.5, 0.6) is 11.5 Å². The van der Waals surface area contributed by atoms with Crippen LogP contribution in [0.3, 0.4) is 0 Å². The number of fused-ring (bicyclic) bond motifs is 1. The van der Waals surface area contributed by atoms with E-state index in [0.29, 0.717) is 40.2 Å². The summed E-state index contributed by atoms with van der Waals surface area (Å²) in [6.07, 6.45) is 3.71. The largest absolute Gasteiger partial charge is 0.464 e. The van der Waals surface area contributed by atoms with Gasteiger partial charge in [0.1, 0.15) is 30.3 Å². The Kier molecular flexibility index (Phi) is 9.82. The summed E-state index contributed by atoms with van der Waals surface area (Å²) in [5.74, 6) is -2.47. The third kappa shape index (κ3) is 7.56. The highest BCUT2D eigenvalue weighted by Crippen LogP contribution is 2.39. The van der Waals surface area contributed by atoms with Gasteiger partial charge in [-0.3, -0.25) is 9.59 Å². The van der Waals surface area contributed by atoms with Crippen molar-refractivity contribution in [1.82, 2.24) is 9.55 Å². The minimum Gasteiger partial charge on any atom is -0.464 e. The molecule has 4 rings (SSSR count). The Labute approximate surface area is 233 Å². The highest BCUT2D eigenvalue weighted by Gasteiger charge is 2.17. The molecule has 0 bridgehead atoms. The van der Waals surface area contributed by atoms with Gasteiger partial charge in [-0.1, -0.05) is 0 Å². The molecule has 41 heavy (non-hydrogen) atoms. The average molecular weight is 570 g/mol. The van der Waals surface area contributed by atoms with Crippen LogP contribution in [0.25, 0.3) is 22.0 Å². The van der Waals surface area contributed by atoms with Crippen molar-refractivity contribution in [1.29, 1.82) is 0 Å². The van der Waals surface area contributed by atoms with Crippen LogP contribution in [0.2, 0.25) is 0 Å². The molecule has 0 spiro atoms. The number of halogens is 2. The van der Waals surface area contributed by atoms with Crippen molar-refractivity contribution in [3.63, 3.8) is 0 Å². The monoisotopic (exact) mass is 569 g/mol. The molecule has 0 aliphatic rings. The summed E-state index contributed by atoms with van der Waals surface area (Å²) in [5.41, 5.74) is 1.55. The van der Waals surface area contributed by atoms with Crippen LogP contribution in [0.4, 0.5) is 14.5 Å². The molecule has 216 valence electrons. The number of aromatic nitrogens is 2. The Morgan fingerprint density at radius 1 is 0.976 bits per heavy atom. The fraction of sp³-hybridized carbons (Fsp3) is 0.276. The summed E-state index contributed by atoms with van der Waals surface area (Å²) in [5, 5.41) is 3.34. The Morgan fingerprint density at radius 2 is 1.73 bits per heavy atom. The Morgan fingerprint density at radius 3 is 2.49 bits per heavy atom. The molecule has 10 nitrogen and oxygen atoms in total. The second-order valence-electron chi connectivity index (χ2n) is 8.92. The second kappa shape index (κ2) is 13.7. The van der Waals surface area contributed by atoms with Crippen molar-refractivity contribution >= 4 is 28.5 Å². The van der Waals surface area contributed by atoms with Crippen LogP contribution in [0.15, 0.2) is 59.7 Å². The zero-order valence-corrected chi connectivity index (χ0v) is 22.5. The topological polar surface area (TPSA) is 121 Å². The van der Waals surface area contributed by atoms with Crippen molar-refractivity contribution in [2.24, 2.45) is 7.05 Å². The van der Waals surface area contributed by atoms with E-state index < -0.39 is 23.5 Å². The number of anilines is 1. The molecule has 0 aliphatic heterocycles. The number of rotatable bonds is 13. The third-order valence-corrected chi connectivity index (χ3v) is 5.90. The van der Waals surface area contributed by atoms with E-state index in [1.807, 2.05) is 0 Å². The van der Waals surface area contributed by atoms with Gasteiger partial charge >= 0.3 is 5.97 Å². The van der Waals surface area contributed by atoms with Gasteiger partial charge in [0.05, 0.1) is 6.61 Å². The summed E-state index contributed by atoms with van der Waals surface area (Å²) in [6.45, 7) is 2.13. The van der Waals surface area contributed by atoms with E-state index in [2.05, 4.69) is 10.3 Å². The number of ether oxygens (including phenoxy) is 4. The fourth-order valence-corrected chi connectivity index (χ4v) is 4.05. The SMILES string of the molecule is CCOC(=O)COCCCOCC(=O)Nc1ccc(Oc2ccc(F)cc2F)c(-c2cn(C)c(=O)c3[nH]ccc23)c1. The molecule has 0 aliphatic carbocycles. The number of benzene rings is 2. The zero-order chi connectivity index (χ0) is 29.4. The van der Waals surface area contributed by atoms with E-state index in [1.54, 1.807) is 50.6 Å². The number of pyridine rings is 1. The number of H-pyrrole nitrogens is 1. The molecule has 0 atom stereocenters. The molecule has 2 N–H and O–H groups in total. The predicted octanol–water partition coefficient (Wildman–Crippen LogP) is 4.53. The first-order valence-electron chi connectivity index (χ1n) is 12.8. The summed E-state index contributed by atoms with van der Waals surface area (Å²) in [6, 6.07) is 9.43. The van der Waals surface area contributed by atoms with Crippen molar-refractivity contribution in [2.75, 3.05) is 38.4 Å². The van der Waals surface area contributed by atoms with E-state index in [4.69, 9.17) is 18.9 Å². The smallest absolute Gasteiger partial charge is 0.332 e. The Hall–Kier alpha value is -4.55. The maximum Gasteiger partial charge on any atom is 0.332 e. The fourth-order valence-electron chi connectivity index (χ4n) is 4.05. The van der Waals surface area contributed by atoms with E-state index >= 15 is 0 Å². The average Bonchev–Trinajstić information content (AvgIpc) is 3.43. The number of esters is 1. The molecule has 0 saturated heterocycles. The lowest BCUT2D eigenvalue weighted by atomic mass is 10.0. The quantitative estimate of drug-likeness (QED) is 0.179. The second-order valence-corrected chi connectivity index (χ2v) is 8.92. The van der Waals surface area contributed by atoms with E-state index in [1.165, 1.54) is 10.6 Å². The van der Waals surface area contributed by atoms with Crippen molar-refractivity contribution in [3.05, 3.63) is 76.8 Å². The summed E-state index contributed by atoms with van der Waals surface area (Å²) >= 11 is 0. The summed E-state index contributed by atoms with van der Waals surface area (Å²) < 4.78 is 50.4. The Bertz CT molecular complexity index is 1600. The van der Waals surface area contributed by atoms with E-state index in [0.717, 1.165) is 6.07 Å². The standard InChI is InChI=1S/C29H29F2N3O7/c1-3-40-27(36)17-39-12-4-11-38-16-26(35)33-19-6-8-24(41-25-7-5-18(30)13-23(25)31)21(14-19)22-15-34(2)29(37)28-20(22)9-10-32-28/h5-10,13-15,32H,3-4,11-12,16-17H2,1-2H3,(H,33,35). The molecule has 2 aromatic carbocycles. The van der Waals surface area contributed by atoms with Gasteiger partial charge in [0, 0.05) is 60.9 Å². The van der Waals surface area contributed by atoms with Crippen LogP contribution >= 0.6 is 0 Å². The first kappa shape index (κ1) is 29.4. The van der Waals surface area contributed by atoms with Crippen molar-refractivity contribution in [3.8, 4) is 22.6 Å². The molecule has 1 amide bonds. The summed E-state index contributed by atoms with van der Waals surface area (Å²) in [4.78, 5) is 39.3. The van der Waals surface area contributed by atoms with Crippen LogP contribution < -0.4 is 15.6 Å².